The van der Waals surface area contributed by atoms with Crippen LogP contribution in [0.5, 0.6) is 23.0 Å². The SMILES string of the molecule is NC1C=CC(C2C=CC3(Oc4cc5oc(-c6cc(O)c(O)c(CCO)c6)cc(=O)c5c(O)c42)OC(C(=O)OC2OC(CCO)(C(=O)O)C(O)C(O)C2O)C(O)C(O)C3O)=CN1. The number of carboxylic acids is 1. The number of ether oxygens (including phenoxy) is 4. The number of carbonyl (C=O) groups excluding carboxylic acids is 1. The van der Waals surface area contributed by atoms with Gasteiger partial charge in [-0.2, -0.15) is 0 Å². The van der Waals surface area contributed by atoms with Gasteiger partial charge in [0.15, 0.2) is 34.7 Å². The normalized spacial score (nSPS) is 33.3. The predicted molar refractivity (Wildman–Crippen MR) is 201 cm³/mol. The van der Waals surface area contributed by atoms with Crippen molar-refractivity contribution >= 4 is 22.9 Å². The van der Waals surface area contributed by atoms with Crippen LogP contribution in [0.15, 0.2) is 69.6 Å². The number of hydrogen-bond acceptors (Lipinski definition) is 21. The average molecular weight is 859 g/mol. The maximum Gasteiger partial charge on any atom is 0.340 e. The molecule has 1 aromatic heterocycles. The summed E-state index contributed by atoms with van der Waals surface area (Å²) in [5, 5.41) is 129. The Balaban J connectivity index is 1.32. The standard InChI is InChI=1S/C39H42N2O20/c40-23-2-1-15(13-41-23)17-3-5-39(34(53)29(49)28(48)32(60-39)35(54)58-36-31(51)30(50)33(52)38(61-36,6-8-43)37(55)56)59-22-12-21-25(27(47)24(17)22)18(44)11-20(57-21)16-9-14(4-7-42)26(46)19(45)10-16/h1-3,5,9-13,17,23,28-34,36,41-43,45-53H,4,6-8,40H2,(H,55,56). The maximum atomic E-state index is 13.8. The number of benzene rings is 2. The van der Waals surface area contributed by atoms with Gasteiger partial charge in [-0.1, -0.05) is 12.2 Å². The zero-order valence-corrected chi connectivity index (χ0v) is 31.5. The van der Waals surface area contributed by atoms with E-state index in [1.54, 1.807) is 12.2 Å². The minimum atomic E-state index is -2.81. The second-order valence-corrected chi connectivity index (χ2v) is 14.8. The number of carbonyl (C=O) groups is 2. The van der Waals surface area contributed by atoms with Gasteiger partial charge in [0, 0.05) is 60.6 Å². The molecule has 2 fully saturated rings. The molecule has 7 rings (SSSR count). The van der Waals surface area contributed by atoms with Crippen LogP contribution in [0.1, 0.15) is 23.5 Å². The second kappa shape index (κ2) is 16.3. The topological polar surface area (TPSA) is 382 Å². The van der Waals surface area contributed by atoms with Crippen LogP contribution in [0, 0.1) is 0 Å². The minimum absolute atomic E-state index is 0.0691. The van der Waals surface area contributed by atoms with E-state index in [4.69, 9.17) is 29.1 Å². The summed E-state index contributed by atoms with van der Waals surface area (Å²) >= 11 is 0. The van der Waals surface area contributed by atoms with Crippen LogP contribution in [-0.4, -0.2) is 153 Å². The van der Waals surface area contributed by atoms with Gasteiger partial charge in [0.1, 0.15) is 58.7 Å². The third kappa shape index (κ3) is 7.36. The first-order valence-electron chi connectivity index (χ1n) is 18.6. The molecular formula is C39H42N2O20. The monoisotopic (exact) mass is 858 g/mol. The van der Waals surface area contributed by atoms with Gasteiger partial charge in [-0.3, -0.25) is 4.79 Å². The first-order chi connectivity index (χ1) is 28.9. The Kier molecular flexibility index (Phi) is 11.6. The highest BCUT2D eigenvalue weighted by atomic mass is 16.8. The number of fused-ring (bicyclic) bond motifs is 2. The van der Waals surface area contributed by atoms with Crippen molar-refractivity contribution in [2.75, 3.05) is 13.2 Å². The molecular weight excluding hydrogens is 816 g/mol. The van der Waals surface area contributed by atoms with E-state index in [1.165, 1.54) is 18.3 Å². The Morgan fingerprint density at radius 3 is 2.25 bits per heavy atom. The first-order valence-corrected chi connectivity index (χ1v) is 18.6. The summed E-state index contributed by atoms with van der Waals surface area (Å²) in [6.45, 7) is -1.32. The summed E-state index contributed by atoms with van der Waals surface area (Å²) in [4.78, 5) is 39.7. The molecule has 22 nitrogen and oxygen atoms in total. The molecule has 3 aromatic rings. The molecule has 5 heterocycles. The van der Waals surface area contributed by atoms with Gasteiger partial charge >= 0.3 is 11.9 Å². The van der Waals surface area contributed by atoms with E-state index in [0.717, 1.165) is 24.3 Å². The highest BCUT2D eigenvalue weighted by Crippen LogP contribution is 2.49. The van der Waals surface area contributed by atoms with E-state index in [0.29, 0.717) is 5.57 Å². The number of esters is 1. The maximum absolute atomic E-state index is 13.8. The van der Waals surface area contributed by atoms with Crippen LogP contribution in [0.3, 0.4) is 0 Å². The van der Waals surface area contributed by atoms with Crippen LogP contribution < -0.4 is 21.2 Å². The molecule has 15 N–H and O–H groups in total. The van der Waals surface area contributed by atoms with Crippen molar-refractivity contribution in [3.05, 3.63) is 81.7 Å². The number of aliphatic carboxylic acids is 1. The third-order valence-electron chi connectivity index (χ3n) is 11.0. The van der Waals surface area contributed by atoms with E-state index in [9.17, 15) is 75.7 Å². The number of carboxylic acid groups (broad SMARTS) is 1. The van der Waals surface area contributed by atoms with Crippen molar-refractivity contribution < 1.29 is 94.2 Å². The number of phenolic OH excluding ortho intramolecular Hbond substituents is 3. The lowest BCUT2D eigenvalue weighted by molar-refractivity contribution is -0.335. The van der Waals surface area contributed by atoms with E-state index < -0.39 is 132 Å². The molecule has 2 saturated heterocycles. The smallest absolute Gasteiger partial charge is 0.340 e. The molecule has 4 aliphatic rings. The summed E-state index contributed by atoms with van der Waals surface area (Å²) in [5.74, 6) is -9.79. The van der Waals surface area contributed by atoms with Gasteiger partial charge in [0.05, 0.1) is 6.17 Å². The number of nitrogens with one attached hydrogen (secondary N) is 1. The molecule has 0 aliphatic carbocycles. The largest absolute Gasteiger partial charge is 0.507 e. The fraction of sp³-hybridized carbons (Fsp3) is 0.410. The lowest BCUT2D eigenvalue weighted by Crippen LogP contribution is -2.70. The van der Waals surface area contributed by atoms with Crippen molar-refractivity contribution in [1.29, 1.82) is 0 Å². The molecule has 0 amide bonds. The zero-order chi connectivity index (χ0) is 44.3. The lowest BCUT2D eigenvalue weighted by Gasteiger charge is -2.47. The van der Waals surface area contributed by atoms with Crippen LogP contribution in [0.4, 0.5) is 0 Å². The van der Waals surface area contributed by atoms with Gasteiger partial charge in [-0.15, -0.1) is 0 Å². The fourth-order valence-electron chi connectivity index (χ4n) is 7.72. The van der Waals surface area contributed by atoms with Gasteiger partial charge in [0.2, 0.25) is 6.29 Å². The Labute approximate surface area is 342 Å². The number of dihydropyridines is 1. The highest BCUT2D eigenvalue weighted by Gasteiger charge is 2.61. The van der Waals surface area contributed by atoms with E-state index >= 15 is 0 Å². The number of nitrogens with two attached hydrogens (primary N) is 1. The molecule has 22 heteroatoms. The molecule has 4 aliphatic heterocycles. The lowest BCUT2D eigenvalue weighted by atomic mass is 9.84. The molecule has 2 aromatic carbocycles. The minimum Gasteiger partial charge on any atom is -0.507 e. The van der Waals surface area contributed by atoms with E-state index in [2.05, 4.69) is 5.32 Å². The predicted octanol–water partition coefficient (Wildman–Crippen LogP) is -3.16. The molecule has 1 spiro atoms. The number of aliphatic hydroxyl groups excluding tert-OH is 8. The summed E-state index contributed by atoms with van der Waals surface area (Å²) < 4.78 is 28.6. The fourth-order valence-corrected chi connectivity index (χ4v) is 7.72. The zero-order valence-electron chi connectivity index (χ0n) is 31.5. The Bertz CT molecular complexity index is 2380. The van der Waals surface area contributed by atoms with Crippen LogP contribution in [0.2, 0.25) is 0 Å². The van der Waals surface area contributed by atoms with Crippen LogP contribution in [-0.2, 0) is 30.2 Å². The highest BCUT2D eigenvalue weighted by molar-refractivity contribution is 5.89. The summed E-state index contributed by atoms with van der Waals surface area (Å²) in [5.41, 5.74) is 2.40. The average Bonchev–Trinajstić information content (AvgIpc) is 3.38. The molecule has 0 saturated carbocycles. The summed E-state index contributed by atoms with van der Waals surface area (Å²) in [6.07, 6.45) is -13.2. The van der Waals surface area contributed by atoms with Gasteiger partial charge in [-0.25, -0.2) is 9.59 Å². The Morgan fingerprint density at radius 1 is 0.869 bits per heavy atom. The Morgan fingerprint density at radius 2 is 1.59 bits per heavy atom. The molecule has 12 atom stereocenters. The van der Waals surface area contributed by atoms with Crippen molar-refractivity contribution in [1.82, 2.24) is 5.32 Å². The molecule has 0 bridgehead atoms. The number of aliphatic hydroxyl groups is 8. The van der Waals surface area contributed by atoms with Crippen molar-refractivity contribution in [3.8, 4) is 34.3 Å². The summed E-state index contributed by atoms with van der Waals surface area (Å²) in [6, 6.07) is 4.55. The van der Waals surface area contributed by atoms with Crippen LogP contribution >= 0.6 is 0 Å². The molecule has 328 valence electrons. The van der Waals surface area contributed by atoms with E-state index in [1.807, 2.05) is 0 Å². The van der Waals surface area contributed by atoms with Crippen molar-refractivity contribution in [2.45, 2.75) is 85.3 Å². The number of rotatable bonds is 9. The first kappa shape index (κ1) is 43.5. The number of aromatic hydroxyl groups is 3. The molecule has 12 unspecified atom stereocenters. The van der Waals surface area contributed by atoms with Gasteiger partial charge < -0.3 is 95.7 Å². The number of phenols is 3. The quantitative estimate of drug-likeness (QED) is 0.0573. The van der Waals surface area contributed by atoms with Crippen molar-refractivity contribution in [3.63, 3.8) is 0 Å². The van der Waals surface area contributed by atoms with E-state index in [-0.39, 0.29) is 39.8 Å². The molecule has 0 radical (unpaired) electrons. The van der Waals surface area contributed by atoms with Gasteiger partial charge in [-0.05, 0) is 36.3 Å². The summed E-state index contributed by atoms with van der Waals surface area (Å²) in [7, 11) is 0. The Hall–Kier alpha value is -5.63. The van der Waals surface area contributed by atoms with Crippen molar-refractivity contribution in [2.24, 2.45) is 5.73 Å². The number of hydrogen-bond donors (Lipinski definition) is 14. The third-order valence-corrected chi connectivity index (χ3v) is 11.0. The van der Waals surface area contributed by atoms with Crippen LogP contribution in [0.25, 0.3) is 22.3 Å². The number of allylic oxidation sites excluding steroid dienone is 3. The second-order valence-electron chi connectivity index (χ2n) is 14.8. The van der Waals surface area contributed by atoms with Gasteiger partial charge in [0.25, 0.3) is 5.79 Å². The molecule has 61 heavy (non-hydrogen) atoms.